The molecule has 0 saturated carbocycles. The van der Waals surface area contributed by atoms with Gasteiger partial charge in [0, 0.05) is 19.0 Å². The van der Waals surface area contributed by atoms with Crippen LogP contribution in [0.5, 0.6) is 0 Å². The molecule has 1 amide bonds. The van der Waals surface area contributed by atoms with Crippen LogP contribution >= 0.6 is 0 Å². The Hall–Kier alpha value is -2.13. The summed E-state index contributed by atoms with van der Waals surface area (Å²) in [7, 11) is 0. The number of likely N-dealkylation sites (tertiary alicyclic amines) is 1. The van der Waals surface area contributed by atoms with Gasteiger partial charge in [0.2, 0.25) is 5.91 Å². The minimum absolute atomic E-state index is 0.0716. The standard InChI is InChI=1S/C19H22N2O/c20-18(13-15-7-3-1-4-8-15)19(22)21-12-11-17(14-21)16-9-5-2-6-10-16/h1-10,17-18H,11-14,20H2/t17-,18-/m0/s1. The highest BCUT2D eigenvalue weighted by Gasteiger charge is 2.29. The number of carbonyl (C=O) groups is 1. The first-order valence-corrected chi connectivity index (χ1v) is 7.87. The van der Waals surface area contributed by atoms with Crippen LogP contribution in [-0.2, 0) is 11.2 Å². The van der Waals surface area contributed by atoms with Gasteiger partial charge in [-0.3, -0.25) is 4.79 Å². The van der Waals surface area contributed by atoms with Crippen molar-refractivity contribution in [2.45, 2.75) is 24.8 Å². The molecule has 1 saturated heterocycles. The Morgan fingerprint density at radius 3 is 2.41 bits per heavy atom. The van der Waals surface area contributed by atoms with Crippen molar-refractivity contribution in [2.75, 3.05) is 13.1 Å². The molecule has 2 aromatic carbocycles. The van der Waals surface area contributed by atoms with Gasteiger partial charge < -0.3 is 10.6 Å². The lowest BCUT2D eigenvalue weighted by atomic mass is 9.99. The second-order valence-corrected chi connectivity index (χ2v) is 5.98. The summed E-state index contributed by atoms with van der Waals surface area (Å²) in [5.41, 5.74) is 8.55. The number of rotatable bonds is 4. The van der Waals surface area contributed by atoms with Crippen molar-refractivity contribution in [1.29, 1.82) is 0 Å². The molecule has 0 unspecified atom stereocenters. The van der Waals surface area contributed by atoms with Gasteiger partial charge >= 0.3 is 0 Å². The molecule has 0 spiro atoms. The van der Waals surface area contributed by atoms with E-state index in [4.69, 9.17) is 5.73 Å². The summed E-state index contributed by atoms with van der Waals surface area (Å²) in [6.07, 6.45) is 1.62. The molecule has 0 radical (unpaired) electrons. The van der Waals surface area contributed by atoms with E-state index >= 15 is 0 Å². The lowest BCUT2D eigenvalue weighted by molar-refractivity contribution is -0.131. The second kappa shape index (κ2) is 6.75. The van der Waals surface area contributed by atoms with Crippen molar-refractivity contribution in [3.05, 3.63) is 71.8 Å². The van der Waals surface area contributed by atoms with E-state index in [1.165, 1.54) is 5.56 Å². The van der Waals surface area contributed by atoms with Crippen LogP contribution in [0.2, 0.25) is 0 Å². The van der Waals surface area contributed by atoms with Gasteiger partial charge in [-0.25, -0.2) is 0 Å². The van der Waals surface area contributed by atoms with Crippen molar-refractivity contribution in [3.63, 3.8) is 0 Å². The molecule has 0 bridgehead atoms. The summed E-state index contributed by atoms with van der Waals surface area (Å²) in [6.45, 7) is 1.59. The van der Waals surface area contributed by atoms with Gasteiger partial charge in [-0.05, 0) is 24.0 Å². The lowest BCUT2D eigenvalue weighted by Gasteiger charge is -2.21. The fraction of sp³-hybridized carbons (Fsp3) is 0.316. The Labute approximate surface area is 131 Å². The molecule has 3 heteroatoms. The molecule has 1 heterocycles. The Bertz CT molecular complexity index is 612. The fourth-order valence-electron chi connectivity index (χ4n) is 3.15. The van der Waals surface area contributed by atoms with Gasteiger partial charge in [0.15, 0.2) is 0 Å². The summed E-state index contributed by atoms with van der Waals surface area (Å²) in [5, 5.41) is 0. The predicted molar refractivity (Wildman–Crippen MR) is 88.5 cm³/mol. The first kappa shape index (κ1) is 14.8. The SMILES string of the molecule is N[C@@H](Cc1ccccc1)C(=O)N1CC[C@H](c2ccccc2)C1. The molecule has 0 aromatic heterocycles. The van der Waals surface area contributed by atoms with Crippen LogP contribution in [0.3, 0.4) is 0 Å². The van der Waals surface area contributed by atoms with Crippen LogP contribution in [0.15, 0.2) is 60.7 Å². The van der Waals surface area contributed by atoms with Crippen LogP contribution < -0.4 is 5.73 Å². The molecular formula is C19H22N2O. The molecule has 1 aliphatic rings. The zero-order valence-corrected chi connectivity index (χ0v) is 12.7. The quantitative estimate of drug-likeness (QED) is 0.942. The third-order valence-electron chi connectivity index (χ3n) is 4.39. The zero-order chi connectivity index (χ0) is 15.4. The van der Waals surface area contributed by atoms with E-state index in [0.29, 0.717) is 12.3 Å². The van der Waals surface area contributed by atoms with Gasteiger partial charge in [-0.1, -0.05) is 60.7 Å². The largest absolute Gasteiger partial charge is 0.341 e. The van der Waals surface area contributed by atoms with Crippen LogP contribution in [0.4, 0.5) is 0 Å². The third kappa shape index (κ3) is 3.37. The summed E-state index contributed by atoms with van der Waals surface area (Å²) in [5.74, 6) is 0.511. The minimum atomic E-state index is -0.447. The number of amides is 1. The number of nitrogens with two attached hydrogens (primary N) is 1. The van der Waals surface area contributed by atoms with Gasteiger partial charge in [-0.2, -0.15) is 0 Å². The number of hydrogen-bond donors (Lipinski definition) is 1. The van der Waals surface area contributed by atoms with Gasteiger partial charge in [0.1, 0.15) is 0 Å². The molecule has 1 fully saturated rings. The van der Waals surface area contributed by atoms with E-state index in [2.05, 4.69) is 24.3 Å². The van der Waals surface area contributed by atoms with Crippen LogP contribution in [0.25, 0.3) is 0 Å². The van der Waals surface area contributed by atoms with Crippen LogP contribution in [0, 0.1) is 0 Å². The molecule has 3 rings (SSSR count). The number of carbonyl (C=O) groups excluding carboxylic acids is 1. The smallest absolute Gasteiger partial charge is 0.239 e. The average molecular weight is 294 g/mol. The monoisotopic (exact) mass is 294 g/mol. The van der Waals surface area contributed by atoms with Crippen molar-refractivity contribution in [3.8, 4) is 0 Å². The summed E-state index contributed by atoms with van der Waals surface area (Å²) < 4.78 is 0. The molecule has 2 aromatic rings. The maximum absolute atomic E-state index is 12.5. The van der Waals surface area contributed by atoms with E-state index in [1.807, 2.05) is 41.3 Å². The van der Waals surface area contributed by atoms with E-state index in [1.54, 1.807) is 0 Å². The van der Waals surface area contributed by atoms with Crippen molar-refractivity contribution in [1.82, 2.24) is 4.90 Å². The minimum Gasteiger partial charge on any atom is -0.341 e. The maximum atomic E-state index is 12.5. The zero-order valence-electron chi connectivity index (χ0n) is 12.7. The second-order valence-electron chi connectivity index (χ2n) is 5.98. The third-order valence-corrected chi connectivity index (χ3v) is 4.39. The molecule has 2 N–H and O–H groups in total. The Morgan fingerprint density at radius 2 is 1.73 bits per heavy atom. The van der Waals surface area contributed by atoms with E-state index in [0.717, 1.165) is 25.1 Å². The highest BCUT2D eigenvalue weighted by atomic mass is 16.2. The summed E-state index contributed by atoms with van der Waals surface area (Å²) >= 11 is 0. The van der Waals surface area contributed by atoms with Crippen LogP contribution in [-0.4, -0.2) is 29.9 Å². The maximum Gasteiger partial charge on any atom is 0.239 e. The topological polar surface area (TPSA) is 46.3 Å². The Balaban J connectivity index is 1.59. The van der Waals surface area contributed by atoms with Gasteiger partial charge in [-0.15, -0.1) is 0 Å². The van der Waals surface area contributed by atoms with Crippen molar-refractivity contribution >= 4 is 5.91 Å². The van der Waals surface area contributed by atoms with E-state index in [9.17, 15) is 4.79 Å². The number of hydrogen-bond acceptors (Lipinski definition) is 2. The molecule has 2 atom stereocenters. The molecular weight excluding hydrogens is 272 g/mol. The van der Waals surface area contributed by atoms with Crippen molar-refractivity contribution < 1.29 is 4.79 Å². The lowest BCUT2D eigenvalue weighted by Crippen LogP contribution is -2.43. The first-order chi connectivity index (χ1) is 10.7. The fourth-order valence-corrected chi connectivity index (χ4v) is 3.15. The molecule has 114 valence electrons. The molecule has 22 heavy (non-hydrogen) atoms. The highest BCUT2D eigenvalue weighted by molar-refractivity contribution is 5.82. The number of benzene rings is 2. The van der Waals surface area contributed by atoms with E-state index in [-0.39, 0.29) is 5.91 Å². The molecule has 3 nitrogen and oxygen atoms in total. The first-order valence-electron chi connectivity index (χ1n) is 7.87. The highest BCUT2D eigenvalue weighted by Crippen LogP contribution is 2.27. The summed E-state index contributed by atoms with van der Waals surface area (Å²) in [4.78, 5) is 14.4. The van der Waals surface area contributed by atoms with E-state index < -0.39 is 6.04 Å². The Kier molecular flexibility index (Phi) is 4.54. The molecule has 1 aliphatic heterocycles. The molecule has 0 aliphatic carbocycles. The van der Waals surface area contributed by atoms with Gasteiger partial charge in [0.25, 0.3) is 0 Å². The van der Waals surface area contributed by atoms with Crippen LogP contribution in [0.1, 0.15) is 23.5 Å². The Morgan fingerprint density at radius 1 is 1.09 bits per heavy atom. The number of nitrogens with zero attached hydrogens (tertiary/aromatic N) is 1. The predicted octanol–water partition coefficient (Wildman–Crippen LogP) is 2.57. The average Bonchev–Trinajstić information content (AvgIpc) is 3.06. The van der Waals surface area contributed by atoms with Gasteiger partial charge in [0.05, 0.1) is 6.04 Å². The van der Waals surface area contributed by atoms with Crippen molar-refractivity contribution in [2.24, 2.45) is 5.73 Å². The normalized spacial score (nSPS) is 19.1. The summed E-state index contributed by atoms with van der Waals surface area (Å²) in [6, 6.07) is 19.9.